The zero-order valence-corrected chi connectivity index (χ0v) is 11.6. The Hall–Kier alpha value is -0.870. The molecule has 18 heavy (non-hydrogen) atoms. The summed E-state index contributed by atoms with van der Waals surface area (Å²) in [6.45, 7) is 5.36. The van der Waals surface area contributed by atoms with Gasteiger partial charge in [-0.25, -0.2) is 0 Å². The van der Waals surface area contributed by atoms with E-state index >= 15 is 0 Å². The highest BCUT2D eigenvalue weighted by atomic mass is 32.1. The van der Waals surface area contributed by atoms with E-state index in [1.807, 2.05) is 11.3 Å². The molecule has 1 aromatic rings. The van der Waals surface area contributed by atoms with Crippen LogP contribution in [0.2, 0.25) is 0 Å². The van der Waals surface area contributed by atoms with Crippen molar-refractivity contribution < 1.29 is 4.79 Å². The average Bonchev–Trinajstić information content (AvgIpc) is 2.83. The van der Waals surface area contributed by atoms with Crippen LogP contribution in [-0.4, -0.2) is 29.9 Å². The second-order valence-electron chi connectivity index (χ2n) is 5.53. The van der Waals surface area contributed by atoms with Crippen molar-refractivity contribution in [2.45, 2.75) is 38.8 Å². The molecule has 4 heteroatoms. The normalized spacial score (nSPS) is 28.8. The van der Waals surface area contributed by atoms with Gasteiger partial charge in [-0.3, -0.25) is 9.69 Å². The van der Waals surface area contributed by atoms with E-state index in [1.165, 1.54) is 16.2 Å². The number of aryl methyl sites for hydroxylation is 1. The summed E-state index contributed by atoms with van der Waals surface area (Å²) < 4.78 is 0. The van der Waals surface area contributed by atoms with Crippen LogP contribution in [0.1, 0.15) is 29.0 Å². The minimum absolute atomic E-state index is 0.247. The first-order valence-electron chi connectivity index (χ1n) is 6.78. The second kappa shape index (κ2) is 5.02. The molecule has 1 amide bonds. The van der Waals surface area contributed by atoms with Gasteiger partial charge in [-0.2, -0.15) is 0 Å². The van der Waals surface area contributed by atoms with Crippen LogP contribution in [0.4, 0.5) is 0 Å². The van der Waals surface area contributed by atoms with Crippen LogP contribution in [-0.2, 0) is 11.3 Å². The van der Waals surface area contributed by atoms with Crippen molar-refractivity contribution in [2.75, 3.05) is 13.1 Å². The number of fused-ring (bicyclic) bond motifs is 1. The lowest BCUT2D eigenvalue weighted by Crippen LogP contribution is -2.38. The van der Waals surface area contributed by atoms with E-state index in [9.17, 15) is 4.79 Å². The van der Waals surface area contributed by atoms with Crippen LogP contribution < -0.4 is 5.32 Å². The summed E-state index contributed by atoms with van der Waals surface area (Å²) in [6.07, 6.45) is 2.97. The van der Waals surface area contributed by atoms with E-state index in [4.69, 9.17) is 0 Å². The Morgan fingerprint density at radius 3 is 3.11 bits per heavy atom. The van der Waals surface area contributed by atoms with Gasteiger partial charge in [-0.15, -0.1) is 11.3 Å². The van der Waals surface area contributed by atoms with Gasteiger partial charge in [0.15, 0.2) is 0 Å². The average molecular weight is 264 g/mol. The van der Waals surface area contributed by atoms with E-state index in [2.05, 4.69) is 29.3 Å². The standard InChI is InChI=1S/C14H20N2OS/c1-10-5-6-12(18-10)8-16-7-11-3-2-4-14(17)15-13(11)9-16/h5-6,11,13H,2-4,7-9H2,1H3,(H,15,17)/t11-,13+/m1/s1. The zero-order chi connectivity index (χ0) is 12.5. The van der Waals surface area contributed by atoms with Crippen LogP contribution in [0, 0.1) is 12.8 Å². The second-order valence-corrected chi connectivity index (χ2v) is 6.91. The predicted octanol–water partition coefficient (Wildman–Crippen LogP) is 2.16. The third-order valence-corrected chi connectivity index (χ3v) is 5.00. The van der Waals surface area contributed by atoms with Crippen LogP contribution in [0.25, 0.3) is 0 Å². The molecule has 2 saturated heterocycles. The highest BCUT2D eigenvalue weighted by Gasteiger charge is 2.35. The van der Waals surface area contributed by atoms with E-state index in [1.54, 1.807) is 0 Å². The van der Waals surface area contributed by atoms with Crippen LogP contribution in [0.5, 0.6) is 0 Å². The van der Waals surface area contributed by atoms with Crippen LogP contribution in [0.3, 0.4) is 0 Å². The van der Waals surface area contributed by atoms with Gasteiger partial charge in [-0.1, -0.05) is 0 Å². The maximum Gasteiger partial charge on any atom is 0.220 e. The summed E-state index contributed by atoms with van der Waals surface area (Å²) in [5.41, 5.74) is 0. The number of thiophene rings is 1. The molecule has 0 saturated carbocycles. The first-order valence-corrected chi connectivity index (χ1v) is 7.59. The lowest BCUT2D eigenvalue weighted by atomic mass is 9.99. The van der Waals surface area contributed by atoms with Crippen molar-refractivity contribution in [3.05, 3.63) is 21.9 Å². The summed E-state index contributed by atoms with van der Waals surface area (Å²) in [5.74, 6) is 0.911. The largest absolute Gasteiger partial charge is 0.352 e. The van der Waals surface area contributed by atoms with Crippen molar-refractivity contribution >= 4 is 17.2 Å². The quantitative estimate of drug-likeness (QED) is 0.888. The molecule has 3 heterocycles. The van der Waals surface area contributed by atoms with Crippen molar-refractivity contribution in [1.29, 1.82) is 0 Å². The highest BCUT2D eigenvalue weighted by Crippen LogP contribution is 2.27. The molecular weight excluding hydrogens is 244 g/mol. The minimum atomic E-state index is 0.247. The van der Waals surface area contributed by atoms with Crippen molar-refractivity contribution in [3.63, 3.8) is 0 Å². The smallest absolute Gasteiger partial charge is 0.220 e. The van der Waals surface area contributed by atoms with Gasteiger partial charge < -0.3 is 5.32 Å². The Morgan fingerprint density at radius 2 is 2.33 bits per heavy atom. The number of nitrogens with zero attached hydrogens (tertiary/aromatic N) is 1. The molecule has 0 unspecified atom stereocenters. The first kappa shape index (κ1) is 12.2. The molecule has 3 rings (SSSR count). The molecule has 0 bridgehead atoms. The summed E-state index contributed by atoms with van der Waals surface area (Å²) in [5, 5.41) is 3.18. The molecule has 0 spiro atoms. The van der Waals surface area contributed by atoms with E-state index in [0.717, 1.165) is 32.5 Å². The molecule has 2 aliphatic rings. The molecule has 0 radical (unpaired) electrons. The fourth-order valence-electron chi connectivity index (χ4n) is 3.14. The van der Waals surface area contributed by atoms with Gasteiger partial charge in [-0.05, 0) is 37.8 Å². The van der Waals surface area contributed by atoms with Crippen LogP contribution >= 0.6 is 11.3 Å². The minimum Gasteiger partial charge on any atom is -0.352 e. The summed E-state index contributed by atoms with van der Waals surface area (Å²) in [4.78, 5) is 16.9. The number of likely N-dealkylation sites (tertiary alicyclic amines) is 1. The Kier molecular flexibility index (Phi) is 3.39. The van der Waals surface area contributed by atoms with Crippen molar-refractivity contribution in [2.24, 2.45) is 5.92 Å². The molecule has 2 aliphatic heterocycles. The number of rotatable bonds is 2. The molecule has 0 aromatic carbocycles. The zero-order valence-electron chi connectivity index (χ0n) is 10.8. The van der Waals surface area contributed by atoms with Crippen molar-refractivity contribution in [1.82, 2.24) is 10.2 Å². The lowest BCUT2D eigenvalue weighted by molar-refractivity contribution is -0.121. The van der Waals surface area contributed by atoms with Crippen LogP contribution in [0.15, 0.2) is 12.1 Å². The number of hydrogen-bond donors (Lipinski definition) is 1. The Labute approximate surface area is 112 Å². The molecule has 1 aromatic heterocycles. The number of amides is 1. The number of carbonyl (C=O) groups is 1. The predicted molar refractivity (Wildman–Crippen MR) is 73.6 cm³/mol. The van der Waals surface area contributed by atoms with Gasteiger partial charge in [0.1, 0.15) is 0 Å². The number of carbonyl (C=O) groups excluding carboxylic acids is 1. The Morgan fingerprint density at radius 1 is 1.44 bits per heavy atom. The van der Waals surface area contributed by atoms with Gasteiger partial charge in [0.05, 0.1) is 0 Å². The Bertz CT molecular complexity index is 443. The number of nitrogens with one attached hydrogen (secondary N) is 1. The third-order valence-electron chi connectivity index (χ3n) is 4.02. The molecule has 0 aliphatic carbocycles. The molecule has 2 fully saturated rings. The van der Waals surface area contributed by atoms with E-state index < -0.39 is 0 Å². The Balaban J connectivity index is 1.62. The maximum atomic E-state index is 11.6. The lowest BCUT2D eigenvalue weighted by Gasteiger charge is -2.15. The molecular formula is C14H20N2OS. The highest BCUT2D eigenvalue weighted by molar-refractivity contribution is 7.11. The van der Waals surface area contributed by atoms with Crippen molar-refractivity contribution in [3.8, 4) is 0 Å². The van der Waals surface area contributed by atoms with Gasteiger partial charge in [0.25, 0.3) is 0 Å². The fraction of sp³-hybridized carbons (Fsp3) is 0.643. The SMILES string of the molecule is Cc1ccc(CN2C[C@H]3CCCC(=O)N[C@H]3C2)s1. The topological polar surface area (TPSA) is 32.3 Å². The van der Waals surface area contributed by atoms with E-state index in [0.29, 0.717) is 12.0 Å². The molecule has 2 atom stereocenters. The summed E-state index contributed by atoms with van der Waals surface area (Å²) in [6, 6.07) is 4.81. The van der Waals surface area contributed by atoms with Gasteiger partial charge in [0.2, 0.25) is 5.91 Å². The summed E-state index contributed by atoms with van der Waals surface area (Å²) >= 11 is 1.88. The maximum absolute atomic E-state index is 11.6. The fourth-order valence-corrected chi connectivity index (χ4v) is 4.07. The van der Waals surface area contributed by atoms with Gasteiger partial charge >= 0.3 is 0 Å². The number of hydrogen-bond acceptors (Lipinski definition) is 3. The van der Waals surface area contributed by atoms with Gasteiger partial charge in [0, 0.05) is 41.9 Å². The molecule has 1 N–H and O–H groups in total. The first-order chi connectivity index (χ1) is 8.70. The monoisotopic (exact) mass is 264 g/mol. The third kappa shape index (κ3) is 2.59. The van der Waals surface area contributed by atoms with E-state index in [-0.39, 0.29) is 5.91 Å². The molecule has 98 valence electrons. The summed E-state index contributed by atoms with van der Waals surface area (Å²) in [7, 11) is 0. The molecule has 3 nitrogen and oxygen atoms in total.